The Hall–Kier alpha value is 0.459. The molecule has 1 aromatic rings. The molecule has 3 radical (unpaired) electrons. The molecular formula is C14H23BNO4PY. The van der Waals surface area contributed by atoms with Crippen LogP contribution < -0.4 is 5.73 Å². The summed E-state index contributed by atoms with van der Waals surface area (Å²) in [4.78, 5) is 9.83. The summed E-state index contributed by atoms with van der Waals surface area (Å²) >= 11 is 0. The van der Waals surface area contributed by atoms with Gasteiger partial charge in [-0.3, -0.25) is 4.57 Å². The summed E-state index contributed by atoms with van der Waals surface area (Å²) in [6.07, 6.45) is 0.565. The first kappa shape index (κ1) is 22.5. The molecule has 8 heteroatoms. The third-order valence-corrected chi connectivity index (χ3v) is 4.57. The molecule has 119 valence electrons. The van der Waals surface area contributed by atoms with Crippen LogP contribution in [0.15, 0.2) is 30.3 Å². The fourth-order valence-electron chi connectivity index (χ4n) is 2.19. The first-order valence-electron chi connectivity index (χ1n) is 6.95. The largest absolute Gasteiger partial charge is 0.382 e. The summed E-state index contributed by atoms with van der Waals surface area (Å²) in [5.41, 5.74) is 5.28. The Balaban J connectivity index is 0.00000141. The number of benzene rings is 1. The van der Waals surface area contributed by atoms with Crippen molar-refractivity contribution in [2.24, 2.45) is 11.7 Å². The van der Waals surface area contributed by atoms with Crippen molar-refractivity contribution in [3.05, 3.63) is 35.9 Å². The summed E-state index contributed by atoms with van der Waals surface area (Å²) in [5.74, 6) is 0.242. The maximum atomic E-state index is 12.0. The van der Waals surface area contributed by atoms with Gasteiger partial charge in [0.1, 0.15) is 7.85 Å². The fraction of sp³-hybridized carbons (Fsp3) is 0.571. The van der Waals surface area contributed by atoms with E-state index in [-0.39, 0.29) is 63.5 Å². The van der Waals surface area contributed by atoms with Crippen LogP contribution in [0.25, 0.3) is 0 Å². The molecule has 22 heavy (non-hydrogen) atoms. The van der Waals surface area contributed by atoms with Crippen LogP contribution in [0.4, 0.5) is 0 Å². The van der Waals surface area contributed by atoms with E-state index in [4.69, 9.17) is 17.1 Å². The molecule has 2 unspecified atom stereocenters. The molecule has 0 amide bonds. The fourth-order valence-corrected chi connectivity index (χ4v) is 3.33. The van der Waals surface area contributed by atoms with Gasteiger partial charge in [0.15, 0.2) is 0 Å². The number of rotatable bonds is 5. The molecule has 4 atom stereocenters. The molecule has 0 aliphatic carbocycles. The van der Waals surface area contributed by atoms with Crippen molar-refractivity contribution < 1.29 is 51.4 Å². The Kier molecular flexibility index (Phi) is 11.3. The molecule has 1 aliphatic heterocycles. The predicted molar refractivity (Wildman–Crippen MR) is 84.2 cm³/mol. The maximum Gasteiger partial charge on any atom is 0.332 e. The van der Waals surface area contributed by atoms with Gasteiger partial charge in [-0.05, 0) is 24.9 Å². The van der Waals surface area contributed by atoms with E-state index in [1.54, 1.807) is 12.1 Å². The van der Waals surface area contributed by atoms with Crippen molar-refractivity contribution in [3.8, 4) is 0 Å². The molecule has 1 aromatic carbocycles. The minimum Gasteiger partial charge on any atom is -0.382 e. The van der Waals surface area contributed by atoms with Crippen LogP contribution in [0.2, 0.25) is 0 Å². The van der Waals surface area contributed by atoms with E-state index >= 15 is 0 Å². The zero-order chi connectivity index (χ0) is 15.9. The summed E-state index contributed by atoms with van der Waals surface area (Å²) < 4.78 is 22.6. The Labute approximate surface area is 159 Å². The SMILES string of the molecule is CN.[B][C@H]1CC(C)[C@@H](COP(=O)(O)Cc2ccccc2)O1.[Y]. The molecule has 3 N–H and O–H groups in total. The second-order valence-corrected chi connectivity index (χ2v) is 6.85. The number of hydrogen-bond acceptors (Lipinski definition) is 4. The monoisotopic (exact) mass is 400 g/mol. The summed E-state index contributed by atoms with van der Waals surface area (Å²) in [6.45, 7) is 2.11. The van der Waals surface area contributed by atoms with Gasteiger partial charge in [-0.25, -0.2) is 0 Å². The Bertz CT molecular complexity index is 465. The average molecular weight is 400 g/mol. The van der Waals surface area contributed by atoms with Crippen LogP contribution in [0.1, 0.15) is 18.9 Å². The number of nitrogens with two attached hydrogens (primary N) is 1. The predicted octanol–water partition coefficient (Wildman–Crippen LogP) is 1.88. The molecule has 5 nitrogen and oxygen atoms in total. The molecule has 1 fully saturated rings. The summed E-state index contributed by atoms with van der Waals surface area (Å²) in [5, 5.41) is 0. The second kappa shape index (κ2) is 11.1. The van der Waals surface area contributed by atoms with Gasteiger partial charge in [0.2, 0.25) is 0 Å². The van der Waals surface area contributed by atoms with Crippen LogP contribution in [-0.2, 0) is 52.7 Å². The number of ether oxygens (including phenoxy) is 1. The molecular weight excluding hydrogens is 377 g/mol. The third kappa shape index (κ3) is 7.83. The van der Waals surface area contributed by atoms with Gasteiger partial charge >= 0.3 is 7.60 Å². The Morgan fingerprint density at radius 2 is 2.00 bits per heavy atom. The van der Waals surface area contributed by atoms with Gasteiger partial charge in [-0.2, -0.15) is 0 Å². The third-order valence-electron chi connectivity index (χ3n) is 3.25. The smallest absolute Gasteiger partial charge is 0.332 e. The molecule has 1 saturated heterocycles. The van der Waals surface area contributed by atoms with Gasteiger partial charge in [0.25, 0.3) is 0 Å². The minimum absolute atomic E-state index is 0. The van der Waals surface area contributed by atoms with Crippen LogP contribution in [0, 0.1) is 5.92 Å². The van der Waals surface area contributed by atoms with E-state index in [0.29, 0.717) is 0 Å². The first-order valence-corrected chi connectivity index (χ1v) is 8.71. The molecule has 0 saturated carbocycles. The summed E-state index contributed by atoms with van der Waals surface area (Å²) in [7, 11) is 3.54. The zero-order valence-corrected chi connectivity index (χ0v) is 16.8. The van der Waals surface area contributed by atoms with E-state index in [0.717, 1.165) is 12.0 Å². The molecule has 0 aromatic heterocycles. The van der Waals surface area contributed by atoms with Gasteiger partial charge in [-0.1, -0.05) is 37.3 Å². The normalized spacial score (nSPS) is 26.3. The van der Waals surface area contributed by atoms with E-state index < -0.39 is 7.60 Å². The van der Waals surface area contributed by atoms with E-state index in [2.05, 4.69) is 5.73 Å². The molecule has 0 bridgehead atoms. The zero-order valence-electron chi connectivity index (χ0n) is 13.1. The van der Waals surface area contributed by atoms with Gasteiger partial charge in [-0.15, -0.1) is 0 Å². The van der Waals surface area contributed by atoms with Gasteiger partial charge in [0, 0.05) is 38.7 Å². The second-order valence-electron chi connectivity index (χ2n) is 5.00. The maximum absolute atomic E-state index is 12.0. The van der Waals surface area contributed by atoms with Gasteiger partial charge < -0.3 is 19.9 Å². The Morgan fingerprint density at radius 1 is 1.41 bits per heavy atom. The van der Waals surface area contributed by atoms with Crippen LogP contribution in [-0.4, -0.2) is 38.5 Å². The van der Waals surface area contributed by atoms with Crippen molar-refractivity contribution in [2.75, 3.05) is 13.7 Å². The van der Waals surface area contributed by atoms with E-state index in [1.807, 2.05) is 25.1 Å². The van der Waals surface area contributed by atoms with Gasteiger partial charge in [0.05, 0.1) is 18.9 Å². The average Bonchev–Trinajstić information content (AvgIpc) is 2.78. The Morgan fingerprint density at radius 3 is 2.50 bits per heavy atom. The molecule has 1 heterocycles. The van der Waals surface area contributed by atoms with Crippen LogP contribution >= 0.6 is 7.60 Å². The number of hydrogen-bond donors (Lipinski definition) is 2. The van der Waals surface area contributed by atoms with Crippen LogP contribution in [0.3, 0.4) is 0 Å². The minimum atomic E-state index is -3.63. The first-order chi connectivity index (χ1) is 9.96. The van der Waals surface area contributed by atoms with Crippen molar-refractivity contribution in [3.63, 3.8) is 0 Å². The standard InChI is InChI=1S/C13H18BO4P.CH5N.Y/c1-10-7-13(14)18-12(10)8-17-19(15,16)9-11-5-3-2-4-6-11;1-2;/h2-6,10,12-13H,7-9H2,1H3,(H,15,16);2H2,1H3;/t10?,12-,13-;;/m1../s1. The molecule has 2 rings (SSSR count). The summed E-state index contributed by atoms with van der Waals surface area (Å²) in [6, 6.07) is 8.83. The van der Waals surface area contributed by atoms with E-state index in [9.17, 15) is 9.46 Å². The van der Waals surface area contributed by atoms with Crippen molar-refractivity contribution in [1.82, 2.24) is 0 Å². The van der Waals surface area contributed by atoms with E-state index in [1.165, 1.54) is 7.05 Å². The van der Waals surface area contributed by atoms with Crippen molar-refractivity contribution >= 4 is 15.4 Å². The van der Waals surface area contributed by atoms with Crippen molar-refractivity contribution in [2.45, 2.75) is 31.6 Å². The molecule has 1 aliphatic rings. The quantitative estimate of drug-likeness (QED) is 0.583. The molecule has 0 spiro atoms. The van der Waals surface area contributed by atoms with Crippen LogP contribution in [0.5, 0.6) is 0 Å². The topological polar surface area (TPSA) is 81.8 Å². The van der Waals surface area contributed by atoms with Crippen molar-refractivity contribution in [1.29, 1.82) is 0 Å².